The zero-order chi connectivity index (χ0) is 19.0. The van der Waals surface area contributed by atoms with Crippen molar-refractivity contribution in [3.63, 3.8) is 0 Å². The van der Waals surface area contributed by atoms with Gasteiger partial charge in [-0.25, -0.2) is 13.2 Å². The van der Waals surface area contributed by atoms with Gasteiger partial charge in [0.15, 0.2) is 9.84 Å². The maximum Gasteiger partial charge on any atom is 0.408 e. The Balaban J connectivity index is 2.36. The number of alkyl carbamates (subject to hydrolysis) is 1. The van der Waals surface area contributed by atoms with E-state index in [4.69, 9.17) is 4.74 Å². The standard InChI is InChI=1S/C18H25NO5S/c1-6-12-7-9-13(10-8-12)14-15(25(5,22)23)18(14,11-20)19-16(21)24-17(2,3)4/h7-11,14-15H,6H2,1-5H3,(H,19,21)/t14-,15-,18-/m0/s1. The summed E-state index contributed by atoms with van der Waals surface area (Å²) in [7, 11) is -3.55. The van der Waals surface area contributed by atoms with E-state index >= 15 is 0 Å². The van der Waals surface area contributed by atoms with Crippen LogP contribution in [-0.4, -0.2) is 43.4 Å². The highest BCUT2D eigenvalue weighted by atomic mass is 32.2. The van der Waals surface area contributed by atoms with Gasteiger partial charge in [-0.2, -0.15) is 0 Å². The highest BCUT2D eigenvalue weighted by Gasteiger charge is 2.71. The molecule has 0 saturated heterocycles. The summed E-state index contributed by atoms with van der Waals surface area (Å²) < 4.78 is 29.6. The fraction of sp³-hybridized carbons (Fsp3) is 0.556. The number of sulfone groups is 1. The van der Waals surface area contributed by atoms with Crippen molar-refractivity contribution in [2.75, 3.05) is 6.26 Å². The molecule has 0 unspecified atom stereocenters. The van der Waals surface area contributed by atoms with Crippen LogP contribution >= 0.6 is 0 Å². The molecule has 0 spiro atoms. The summed E-state index contributed by atoms with van der Waals surface area (Å²) in [6.07, 6.45) is 1.64. The Kier molecular flexibility index (Phi) is 5.01. The number of carbonyl (C=O) groups excluding carboxylic acids is 2. The monoisotopic (exact) mass is 367 g/mol. The van der Waals surface area contributed by atoms with Crippen LogP contribution in [0.4, 0.5) is 4.79 Å². The molecule has 0 radical (unpaired) electrons. The van der Waals surface area contributed by atoms with Crippen LogP contribution in [0.3, 0.4) is 0 Å². The smallest absolute Gasteiger partial charge is 0.408 e. The topological polar surface area (TPSA) is 89.5 Å². The molecule has 1 N–H and O–H groups in total. The molecule has 0 aliphatic heterocycles. The summed E-state index contributed by atoms with van der Waals surface area (Å²) in [5.41, 5.74) is -0.432. The second-order valence-corrected chi connectivity index (χ2v) is 9.67. The van der Waals surface area contributed by atoms with Gasteiger partial charge >= 0.3 is 6.09 Å². The van der Waals surface area contributed by atoms with Crippen molar-refractivity contribution in [2.24, 2.45) is 0 Å². The second kappa shape index (κ2) is 6.44. The zero-order valence-electron chi connectivity index (χ0n) is 15.2. The number of hydrogen-bond donors (Lipinski definition) is 1. The molecule has 1 saturated carbocycles. The predicted octanol–water partition coefficient (Wildman–Crippen LogP) is 2.22. The number of aryl methyl sites for hydroxylation is 1. The van der Waals surface area contributed by atoms with Gasteiger partial charge in [0, 0.05) is 12.2 Å². The van der Waals surface area contributed by atoms with Gasteiger partial charge in [0.25, 0.3) is 0 Å². The van der Waals surface area contributed by atoms with Gasteiger partial charge < -0.3 is 14.8 Å². The predicted molar refractivity (Wildman–Crippen MR) is 95.4 cm³/mol. The fourth-order valence-electron chi connectivity index (χ4n) is 3.19. The highest BCUT2D eigenvalue weighted by Crippen LogP contribution is 2.54. The van der Waals surface area contributed by atoms with Crippen LogP contribution in [0.1, 0.15) is 44.7 Å². The van der Waals surface area contributed by atoms with Gasteiger partial charge in [-0.05, 0) is 38.3 Å². The summed E-state index contributed by atoms with van der Waals surface area (Å²) in [6.45, 7) is 7.11. The van der Waals surface area contributed by atoms with Crippen molar-refractivity contribution in [3.05, 3.63) is 35.4 Å². The van der Waals surface area contributed by atoms with Crippen LogP contribution in [-0.2, 0) is 25.8 Å². The summed E-state index contributed by atoms with van der Waals surface area (Å²) in [5, 5.41) is 1.50. The van der Waals surface area contributed by atoms with Gasteiger partial charge in [-0.15, -0.1) is 0 Å². The molecular weight excluding hydrogens is 342 g/mol. The molecule has 1 aromatic carbocycles. The molecule has 6 nitrogen and oxygen atoms in total. The number of ether oxygens (including phenoxy) is 1. The molecule has 0 aromatic heterocycles. The van der Waals surface area contributed by atoms with Crippen LogP contribution in [0.15, 0.2) is 24.3 Å². The third-order valence-electron chi connectivity index (χ3n) is 4.30. The molecule has 3 atom stereocenters. The molecular formula is C18H25NO5S. The first-order chi connectivity index (χ1) is 11.4. The van der Waals surface area contributed by atoms with Crippen LogP contribution in [0.25, 0.3) is 0 Å². The van der Waals surface area contributed by atoms with Crippen molar-refractivity contribution in [1.82, 2.24) is 5.32 Å². The summed E-state index contributed by atoms with van der Waals surface area (Å²) >= 11 is 0. The molecule has 0 heterocycles. The van der Waals surface area contributed by atoms with Gasteiger partial charge in [0.2, 0.25) is 0 Å². The molecule has 1 amide bonds. The summed E-state index contributed by atoms with van der Waals surface area (Å²) in [6, 6.07) is 7.42. The maximum absolute atomic E-state index is 12.2. The Morgan fingerprint density at radius 1 is 1.28 bits per heavy atom. The normalized spacial score (nSPS) is 26.0. The molecule has 1 aliphatic carbocycles. The zero-order valence-corrected chi connectivity index (χ0v) is 16.0. The number of carbonyl (C=O) groups is 2. The van der Waals surface area contributed by atoms with Crippen molar-refractivity contribution >= 4 is 22.2 Å². The quantitative estimate of drug-likeness (QED) is 0.806. The van der Waals surface area contributed by atoms with Crippen LogP contribution in [0.5, 0.6) is 0 Å². The van der Waals surface area contributed by atoms with Gasteiger partial charge in [-0.3, -0.25) is 0 Å². The molecule has 0 bridgehead atoms. The lowest BCUT2D eigenvalue weighted by molar-refractivity contribution is -0.110. The van der Waals surface area contributed by atoms with Crippen LogP contribution in [0.2, 0.25) is 0 Å². The third kappa shape index (κ3) is 4.03. The van der Waals surface area contributed by atoms with E-state index in [0.29, 0.717) is 11.8 Å². The fourth-order valence-corrected chi connectivity index (χ4v) is 4.95. The minimum atomic E-state index is -3.55. The molecule has 1 aromatic rings. The van der Waals surface area contributed by atoms with Crippen molar-refractivity contribution in [2.45, 2.75) is 56.4 Å². The number of nitrogens with one attached hydrogen (secondary N) is 1. The Bertz CT molecular complexity index is 764. The lowest BCUT2D eigenvalue weighted by Gasteiger charge is -2.22. The second-order valence-electron chi connectivity index (χ2n) is 7.50. The molecule has 1 aliphatic rings. The molecule has 138 valence electrons. The number of amides is 1. The van der Waals surface area contributed by atoms with E-state index in [1.54, 1.807) is 20.8 Å². The van der Waals surface area contributed by atoms with E-state index in [2.05, 4.69) is 5.32 Å². The van der Waals surface area contributed by atoms with E-state index < -0.39 is 38.2 Å². The molecule has 7 heteroatoms. The van der Waals surface area contributed by atoms with E-state index in [-0.39, 0.29) is 0 Å². The summed E-state index contributed by atoms with van der Waals surface area (Å²) in [5.74, 6) is -0.626. The maximum atomic E-state index is 12.2. The van der Waals surface area contributed by atoms with Gasteiger partial charge in [-0.1, -0.05) is 31.2 Å². The largest absolute Gasteiger partial charge is 0.444 e. The SMILES string of the molecule is CCc1ccc([C@H]2[C@H](S(C)(=O)=O)[C@@]2(C=O)NC(=O)OC(C)(C)C)cc1. The number of aldehydes is 1. The van der Waals surface area contributed by atoms with E-state index in [1.165, 1.54) is 0 Å². The Morgan fingerprint density at radius 2 is 1.84 bits per heavy atom. The molecule has 1 fully saturated rings. The lowest BCUT2D eigenvalue weighted by atomic mass is 10.0. The number of rotatable bonds is 5. The van der Waals surface area contributed by atoms with Gasteiger partial charge in [0.1, 0.15) is 22.7 Å². The number of hydrogen-bond acceptors (Lipinski definition) is 5. The minimum absolute atomic E-state index is 0.515. The van der Waals surface area contributed by atoms with E-state index in [0.717, 1.165) is 18.2 Å². The van der Waals surface area contributed by atoms with Crippen molar-refractivity contribution < 1.29 is 22.7 Å². The van der Waals surface area contributed by atoms with Crippen molar-refractivity contribution in [3.8, 4) is 0 Å². The lowest BCUT2D eigenvalue weighted by Crippen LogP contribution is -2.45. The Labute approximate surface area is 148 Å². The van der Waals surface area contributed by atoms with E-state index in [1.807, 2.05) is 31.2 Å². The third-order valence-corrected chi connectivity index (χ3v) is 5.88. The first kappa shape index (κ1) is 19.4. The van der Waals surface area contributed by atoms with Crippen LogP contribution in [0, 0.1) is 0 Å². The highest BCUT2D eigenvalue weighted by molar-refractivity contribution is 7.91. The Morgan fingerprint density at radius 3 is 2.24 bits per heavy atom. The molecule has 25 heavy (non-hydrogen) atoms. The average Bonchev–Trinajstić information content (AvgIpc) is 3.14. The molecule has 2 rings (SSSR count). The first-order valence-electron chi connectivity index (χ1n) is 8.20. The number of benzene rings is 1. The average molecular weight is 367 g/mol. The van der Waals surface area contributed by atoms with Crippen LogP contribution < -0.4 is 5.32 Å². The van der Waals surface area contributed by atoms with Crippen molar-refractivity contribution in [1.29, 1.82) is 0 Å². The minimum Gasteiger partial charge on any atom is -0.444 e. The summed E-state index contributed by atoms with van der Waals surface area (Å²) in [4.78, 5) is 24.0. The Hall–Kier alpha value is -1.89. The van der Waals surface area contributed by atoms with Gasteiger partial charge in [0.05, 0.1) is 0 Å². The van der Waals surface area contributed by atoms with E-state index in [9.17, 15) is 18.0 Å². The first-order valence-corrected chi connectivity index (χ1v) is 10.1.